The molecule has 0 aliphatic carbocycles. The van der Waals surface area contributed by atoms with E-state index >= 15 is 0 Å². The fraction of sp³-hybridized carbons (Fsp3) is 0.375. The zero-order valence-corrected chi connectivity index (χ0v) is 12.8. The van der Waals surface area contributed by atoms with Crippen LogP contribution in [0.5, 0.6) is 0 Å². The number of nitrogens with zero attached hydrogens (tertiary/aromatic N) is 2. The molecule has 0 saturated heterocycles. The van der Waals surface area contributed by atoms with Crippen LogP contribution in [-0.2, 0) is 11.3 Å². The Morgan fingerprint density at radius 1 is 1.29 bits per heavy atom. The number of likely N-dealkylation sites (N-methyl/N-ethyl adjacent to an activating group) is 2. The van der Waals surface area contributed by atoms with Crippen LogP contribution in [0.15, 0.2) is 30.3 Å². The van der Waals surface area contributed by atoms with Gasteiger partial charge in [0.1, 0.15) is 5.82 Å². The van der Waals surface area contributed by atoms with Gasteiger partial charge < -0.3 is 10.6 Å². The Kier molecular flexibility index (Phi) is 5.11. The lowest BCUT2D eigenvalue weighted by atomic mass is 10.1. The summed E-state index contributed by atoms with van der Waals surface area (Å²) in [7, 11) is 3.53. The number of hydrogen-bond acceptors (Lipinski definition) is 4. The molecule has 1 aromatic heterocycles. The van der Waals surface area contributed by atoms with Crippen molar-refractivity contribution in [1.82, 2.24) is 15.2 Å². The average Bonchev–Trinajstić information content (AvgIpc) is 2.53. The fourth-order valence-corrected chi connectivity index (χ4v) is 2.30. The zero-order chi connectivity index (χ0) is 15.2. The molecule has 5 heteroatoms. The Morgan fingerprint density at radius 2 is 2.05 bits per heavy atom. The first-order valence-corrected chi connectivity index (χ1v) is 7.17. The maximum absolute atomic E-state index is 11.6. The number of rotatable bonds is 6. The van der Waals surface area contributed by atoms with Gasteiger partial charge in [-0.15, -0.1) is 0 Å². The lowest BCUT2D eigenvalue weighted by Gasteiger charge is -2.21. The van der Waals surface area contributed by atoms with Crippen molar-refractivity contribution in [2.45, 2.75) is 13.5 Å². The monoisotopic (exact) mass is 286 g/mol. The molecule has 0 atom stereocenters. The Labute approximate surface area is 125 Å². The summed E-state index contributed by atoms with van der Waals surface area (Å²) < 4.78 is 0. The molecule has 0 saturated carbocycles. The van der Waals surface area contributed by atoms with Crippen molar-refractivity contribution in [2.75, 3.05) is 32.5 Å². The van der Waals surface area contributed by atoms with Crippen LogP contribution < -0.4 is 10.6 Å². The number of pyridine rings is 1. The van der Waals surface area contributed by atoms with Crippen molar-refractivity contribution in [1.29, 1.82) is 0 Å². The maximum Gasteiger partial charge on any atom is 0.233 e. The second-order valence-electron chi connectivity index (χ2n) is 4.92. The highest BCUT2D eigenvalue weighted by Gasteiger charge is 2.12. The van der Waals surface area contributed by atoms with Crippen molar-refractivity contribution in [3.63, 3.8) is 0 Å². The topological polar surface area (TPSA) is 57.3 Å². The number of para-hydroxylation sites is 1. The van der Waals surface area contributed by atoms with Crippen molar-refractivity contribution >= 4 is 22.6 Å². The molecule has 2 aromatic rings. The summed E-state index contributed by atoms with van der Waals surface area (Å²) in [5.74, 6) is 0.890. The molecule has 112 valence electrons. The Balaban J connectivity index is 2.28. The number of benzene rings is 1. The van der Waals surface area contributed by atoms with Crippen molar-refractivity contribution in [3.05, 3.63) is 35.9 Å². The standard InChI is InChI=1S/C16H22N4O/c1-4-20(11-15(21)17-2)10-13-9-12-7-5-6-8-14(12)19-16(13)18-3/h5-9H,4,10-11H2,1-3H3,(H,17,21)(H,18,19). The predicted octanol–water partition coefficient (Wildman–Crippen LogP) is 1.84. The lowest BCUT2D eigenvalue weighted by Crippen LogP contribution is -2.35. The molecule has 0 fully saturated rings. The first-order chi connectivity index (χ1) is 10.2. The second kappa shape index (κ2) is 7.04. The van der Waals surface area contributed by atoms with Gasteiger partial charge in [0.15, 0.2) is 0 Å². The molecular formula is C16H22N4O. The van der Waals surface area contributed by atoms with Crippen LogP contribution in [0.4, 0.5) is 5.82 Å². The van der Waals surface area contributed by atoms with Crippen LogP contribution in [0.2, 0.25) is 0 Å². The minimum Gasteiger partial charge on any atom is -0.373 e. The molecule has 2 rings (SSSR count). The highest BCUT2D eigenvalue weighted by Crippen LogP contribution is 2.21. The second-order valence-corrected chi connectivity index (χ2v) is 4.92. The van der Waals surface area contributed by atoms with E-state index in [1.807, 2.05) is 25.2 Å². The normalized spacial score (nSPS) is 10.9. The minimum atomic E-state index is 0.0246. The van der Waals surface area contributed by atoms with Crippen LogP contribution in [0.1, 0.15) is 12.5 Å². The summed E-state index contributed by atoms with van der Waals surface area (Å²) in [6.07, 6.45) is 0. The smallest absolute Gasteiger partial charge is 0.233 e. The first-order valence-electron chi connectivity index (χ1n) is 7.17. The molecule has 0 bridgehead atoms. The molecule has 1 amide bonds. The van der Waals surface area contributed by atoms with Gasteiger partial charge >= 0.3 is 0 Å². The zero-order valence-electron chi connectivity index (χ0n) is 12.8. The van der Waals surface area contributed by atoms with E-state index in [9.17, 15) is 4.79 Å². The molecule has 0 spiro atoms. The number of amides is 1. The molecule has 5 nitrogen and oxygen atoms in total. The van der Waals surface area contributed by atoms with Gasteiger partial charge in [0.25, 0.3) is 0 Å². The van der Waals surface area contributed by atoms with Gasteiger partial charge in [0, 0.05) is 31.6 Å². The van der Waals surface area contributed by atoms with Gasteiger partial charge in [-0.05, 0) is 18.7 Å². The number of carbonyl (C=O) groups excluding carboxylic acids is 1. The Morgan fingerprint density at radius 3 is 2.71 bits per heavy atom. The van der Waals surface area contributed by atoms with E-state index in [-0.39, 0.29) is 5.91 Å². The minimum absolute atomic E-state index is 0.0246. The van der Waals surface area contributed by atoms with E-state index in [0.717, 1.165) is 28.8 Å². The van der Waals surface area contributed by atoms with E-state index in [2.05, 4.69) is 39.6 Å². The summed E-state index contributed by atoms with van der Waals surface area (Å²) in [6.45, 7) is 3.95. The molecule has 0 aliphatic heterocycles. The van der Waals surface area contributed by atoms with Gasteiger partial charge in [0.05, 0.1) is 12.1 Å². The summed E-state index contributed by atoms with van der Waals surface area (Å²) in [4.78, 5) is 18.3. The molecule has 0 radical (unpaired) electrons. The van der Waals surface area contributed by atoms with E-state index in [1.165, 1.54) is 0 Å². The third-order valence-corrected chi connectivity index (χ3v) is 3.53. The molecular weight excluding hydrogens is 264 g/mol. The van der Waals surface area contributed by atoms with Crippen LogP contribution in [0.3, 0.4) is 0 Å². The number of aromatic nitrogens is 1. The molecule has 1 heterocycles. The number of hydrogen-bond donors (Lipinski definition) is 2. The van der Waals surface area contributed by atoms with Crippen LogP contribution >= 0.6 is 0 Å². The number of fused-ring (bicyclic) bond motifs is 1. The fourth-order valence-electron chi connectivity index (χ4n) is 2.30. The molecule has 2 N–H and O–H groups in total. The average molecular weight is 286 g/mol. The van der Waals surface area contributed by atoms with Gasteiger partial charge in [-0.25, -0.2) is 4.98 Å². The van der Waals surface area contributed by atoms with Crippen molar-refractivity contribution < 1.29 is 4.79 Å². The van der Waals surface area contributed by atoms with Crippen LogP contribution in [-0.4, -0.2) is 43.0 Å². The van der Waals surface area contributed by atoms with Gasteiger partial charge in [-0.3, -0.25) is 9.69 Å². The SMILES string of the molecule is CCN(CC(=O)NC)Cc1cc2ccccc2nc1NC. The van der Waals surface area contributed by atoms with E-state index in [4.69, 9.17) is 0 Å². The molecule has 0 aliphatic rings. The third-order valence-electron chi connectivity index (χ3n) is 3.53. The van der Waals surface area contributed by atoms with E-state index < -0.39 is 0 Å². The lowest BCUT2D eigenvalue weighted by molar-refractivity contribution is -0.121. The largest absolute Gasteiger partial charge is 0.373 e. The first kappa shape index (κ1) is 15.3. The number of nitrogens with one attached hydrogen (secondary N) is 2. The maximum atomic E-state index is 11.6. The summed E-state index contributed by atoms with van der Waals surface area (Å²) in [5.41, 5.74) is 2.07. The quantitative estimate of drug-likeness (QED) is 0.851. The van der Waals surface area contributed by atoms with Crippen molar-refractivity contribution in [2.24, 2.45) is 0 Å². The Bertz CT molecular complexity index is 627. The van der Waals surface area contributed by atoms with Gasteiger partial charge in [-0.2, -0.15) is 0 Å². The van der Waals surface area contributed by atoms with Crippen LogP contribution in [0, 0.1) is 0 Å². The van der Waals surface area contributed by atoms with Crippen LogP contribution in [0.25, 0.3) is 10.9 Å². The Hall–Kier alpha value is -2.14. The summed E-state index contributed by atoms with van der Waals surface area (Å²) in [6, 6.07) is 10.2. The highest BCUT2D eigenvalue weighted by atomic mass is 16.1. The molecule has 21 heavy (non-hydrogen) atoms. The number of carbonyl (C=O) groups is 1. The predicted molar refractivity (Wildman–Crippen MR) is 86.3 cm³/mol. The molecule has 1 aromatic carbocycles. The number of anilines is 1. The van der Waals surface area contributed by atoms with E-state index in [0.29, 0.717) is 13.1 Å². The van der Waals surface area contributed by atoms with Crippen molar-refractivity contribution in [3.8, 4) is 0 Å². The van der Waals surface area contributed by atoms with Gasteiger partial charge in [0.2, 0.25) is 5.91 Å². The third kappa shape index (κ3) is 3.70. The van der Waals surface area contributed by atoms with E-state index in [1.54, 1.807) is 7.05 Å². The summed E-state index contributed by atoms with van der Waals surface area (Å²) >= 11 is 0. The molecule has 0 unspecified atom stereocenters. The highest BCUT2D eigenvalue weighted by molar-refractivity contribution is 5.81. The summed E-state index contributed by atoms with van der Waals surface area (Å²) in [5, 5.41) is 6.92. The van der Waals surface area contributed by atoms with Gasteiger partial charge in [-0.1, -0.05) is 25.1 Å².